The van der Waals surface area contributed by atoms with E-state index in [-0.39, 0.29) is 25.1 Å². The van der Waals surface area contributed by atoms with E-state index in [0.29, 0.717) is 18.8 Å². The third kappa shape index (κ3) is 13.7. The monoisotopic (exact) mass is 867 g/mol. The molecule has 0 aliphatic carbocycles. The van der Waals surface area contributed by atoms with Crippen molar-refractivity contribution in [2.75, 3.05) is 25.4 Å². The molecule has 61 heavy (non-hydrogen) atoms. The van der Waals surface area contributed by atoms with Crippen LogP contribution in [0.3, 0.4) is 0 Å². The quantitative estimate of drug-likeness (QED) is 0.0499. The van der Waals surface area contributed by atoms with Crippen LogP contribution in [0, 0.1) is 5.92 Å². The summed E-state index contributed by atoms with van der Waals surface area (Å²) in [6, 6.07) is 8.76. The van der Waals surface area contributed by atoms with E-state index in [1.807, 2.05) is 48.5 Å². The predicted octanol–water partition coefficient (Wildman–Crippen LogP) is -1.80. The fourth-order valence-corrected chi connectivity index (χ4v) is 6.86. The number of primary amides is 1. The van der Waals surface area contributed by atoms with Crippen LogP contribution in [0.15, 0.2) is 54.7 Å². The molecule has 3 aromatic rings. The maximum atomic E-state index is 13.2. The summed E-state index contributed by atoms with van der Waals surface area (Å²) in [5, 5.41) is 32.4. The first kappa shape index (κ1) is 47.5. The van der Waals surface area contributed by atoms with Crippen molar-refractivity contribution in [1.29, 1.82) is 0 Å². The summed E-state index contributed by atoms with van der Waals surface area (Å²) < 4.78 is 5.90. The van der Waals surface area contributed by atoms with E-state index in [9.17, 15) is 48.6 Å². The summed E-state index contributed by atoms with van der Waals surface area (Å²) in [5.41, 5.74) is 14.1. The Labute approximate surface area is 356 Å². The van der Waals surface area contributed by atoms with Crippen molar-refractivity contribution < 1.29 is 53.3 Å². The lowest BCUT2D eigenvalue weighted by atomic mass is 9.98. The van der Waals surface area contributed by atoms with Crippen molar-refractivity contribution in [1.82, 2.24) is 36.5 Å². The number of aliphatic carboxylic acids is 1. The molecule has 20 nitrogen and oxygen atoms in total. The summed E-state index contributed by atoms with van der Waals surface area (Å²) >= 11 is 4.08. The van der Waals surface area contributed by atoms with Gasteiger partial charge in [-0.1, -0.05) is 50.6 Å². The van der Waals surface area contributed by atoms with Crippen molar-refractivity contribution in [2.45, 2.75) is 82.5 Å². The first-order chi connectivity index (χ1) is 29.0. The Morgan fingerprint density at radius 1 is 0.934 bits per heavy atom. The number of carbonyl (C=O) groups is 8. The highest BCUT2D eigenvalue weighted by atomic mass is 32.1. The second kappa shape index (κ2) is 22.4. The van der Waals surface area contributed by atoms with Crippen LogP contribution in [0.1, 0.15) is 44.2 Å². The Hall–Kier alpha value is -6.19. The summed E-state index contributed by atoms with van der Waals surface area (Å²) in [6.45, 7) is 2.41. The van der Waals surface area contributed by atoms with Gasteiger partial charge in [-0.3, -0.25) is 33.6 Å². The van der Waals surface area contributed by atoms with Crippen molar-refractivity contribution in [3.05, 3.63) is 65.9 Å². The first-order valence-electron chi connectivity index (χ1n) is 19.6. The molecule has 1 fully saturated rings. The molecular formula is C40H53N9O11S. The number of nitrogens with one attached hydrogen (secondary N) is 6. The van der Waals surface area contributed by atoms with E-state index in [1.54, 1.807) is 20.0 Å². The Balaban J connectivity index is 1.25. The van der Waals surface area contributed by atoms with E-state index < -0.39 is 109 Å². The van der Waals surface area contributed by atoms with Gasteiger partial charge in [0.2, 0.25) is 41.4 Å². The van der Waals surface area contributed by atoms with Gasteiger partial charge in [0.1, 0.15) is 36.5 Å². The topological polar surface area (TPSA) is 317 Å². The maximum Gasteiger partial charge on any atom is 0.326 e. The van der Waals surface area contributed by atoms with Crippen LogP contribution >= 0.6 is 12.6 Å². The number of nitrogens with zero attached hydrogens (tertiary/aromatic N) is 1. The van der Waals surface area contributed by atoms with Crippen LogP contribution in [0.4, 0.5) is 0 Å². The highest BCUT2D eigenvalue weighted by Crippen LogP contribution is 2.25. The average Bonchev–Trinajstić information content (AvgIpc) is 3.84. The Bertz CT molecular complexity index is 2070. The molecular weight excluding hydrogens is 815 g/mol. The van der Waals surface area contributed by atoms with Crippen LogP contribution in [-0.4, -0.2) is 129 Å². The number of aromatic amines is 1. The minimum Gasteiger partial charge on any atom is -0.489 e. The second-order valence-corrected chi connectivity index (χ2v) is 15.1. The zero-order chi connectivity index (χ0) is 44.8. The SMILES string of the molecule is CC[C@H](C)[C@H](NC(=O)CNC(=O)[C@@H](N)Cc1c[nH]c2cc(OCc3ccccc3)ccc12)C(=O)NCC(=O)N[C@@H](CS)C(=O)N[C@@H](CC(N)=O)C(=O)N1C[C@H](O)C[C@H]1C(=O)O. The van der Waals surface area contributed by atoms with Gasteiger partial charge in [0.15, 0.2) is 0 Å². The molecule has 0 spiro atoms. The van der Waals surface area contributed by atoms with E-state index in [4.69, 9.17) is 16.2 Å². The van der Waals surface area contributed by atoms with Crippen LogP contribution in [0.5, 0.6) is 5.75 Å². The lowest BCUT2D eigenvalue weighted by molar-refractivity contribution is -0.149. The number of ether oxygens (including phenoxy) is 1. The first-order valence-corrected chi connectivity index (χ1v) is 20.2. The van der Waals surface area contributed by atoms with E-state index in [1.165, 1.54) is 0 Å². The summed E-state index contributed by atoms with van der Waals surface area (Å²) in [5.74, 6) is -7.23. The number of carboxylic acid groups (broad SMARTS) is 1. The van der Waals surface area contributed by atoms with Gasteiger partial charge < -0.3 is 62.9 Å². The molecule has 0 saturated carbocycles. The minimum absolute atomic E-state index is 0.163. The molecule has 2 aromatic carbocycles. The predicted molar refractivity (Wildman–Crippen MR) is 223 cm³/mol. The molecule has 1 aliphatic heterocycles. The number of H-pyrrole nitrogens is 1. The molecule has 1 aliphatic rings. The summed E-state index contributed by atoms with van der Waals surface area (Å²) in [6.07, 6.45) is 0.262. The number of β-amino-alcohol motifs (C(OH)–C–C–N with tert-alkyl or cyclic N) is 1. The molecule has 7 atom stereocenters. The molecule has 1 saturated heterocycles. The number of thiol groups is 1. The minimum atomic E-state index is -1.61. The van der Waals surface area contributed by atoms with Crippen LogP contribution in [0.2, 0.25) is 0 Å². The number of fused-ring (bicyclic) bond motifs is 1. The molecule has 21 heteroatoms. The molecule has 0 bridgehead atoms. The van der Waals surface area contributed by atoms with Gasteiger partial charge in [-0.05, 0) is 35.6 Å². The smallest absolute Gasteiger partial charge is 0.326 e. The zero-order valence-electron chi connectivity index (χ0n) is 33.7. The number of amides is 7. The Kier molecular flexibility index (Phi) is 17.5. The van der Waals surface area contributed by atoms with Crippen molar-refractivity contribution in [3.63, 3.8) is 0 Å². The number of rotatable bonds is 22. The van der Waals surface area contributed by atoms with Crippen molar-refractivity contribution in [2.24, 2.45) is 17.4 Å². The van der Waals surface area contributed by atoms with Gasteiger partial charge >= 0.3 is 5.97 Å². The lowest BCUT2D eigenvalue weighted by Gasteiger charge is -2.28. The molecule has 12 N–H and O–H groups in total. The number of carbonyl (C=O) groups excluding carboxylic acids is 7. The number of hydrogen-bond acceptors (Lipinski definition) is 12. The average molecular weight is 868 g/mol. The number of aliphatic hydroxyl groups excluding tert-OH is 1. The van der Waals surface area contributed by atoms with Crippen LogP contribution in [-0.2, 0) is 51.4 Å². The van der Waals surface area contributed by atoms with Gasteiger partial charge in [0, 0.05) is 41.9 Å². The van der Waals surface area contributed by atoms with Gasteiger partial charge in [0.25, 0.3) is 0 Å². The Morgan fingerprint density at radius 2 is 1.61 bits per heavy atom. The van der Waals surface area contributed by atoms with Crippen LogP contribution in [0.25, 0.3) is 10.9 Å². The van der Waals surface area contributed by atoms with Crippen molar-refractivity contribution in [3.8, 4) is 5.75 Å². The highest BCUT2D eigenvalue weighted by molar-refractivity contribution is 7.80. The van der Waals surface area contributed by atoms with Crippen molar-refractivity contribution >= 4 is 70.9 Å². The number of carboxylic acids is 1. The van der Waals surface area contributed by atoms with Gasteiger partial charge in [-0.15, -0.1) is 0 Å². The number of aliphatic hydroxyl groups is 1. The molecule has 0 radical (unpaired) electrons. The summed E-state index contributed by atoms with van der Waals surface area (Å²) in [4.78, 5) is 106. The van der Waals surface area contributed by atoms with E-state index in [0.717, 1.165) is 26.9 Å². The number of nitrogens with two attached hydrogens (primary N) is 2. The van der Waals surface area contributed by atoms with Gasteiger partial charge in [0.05, 0.1) is 31.7 Å². The second-order valence-electron chi connectivity index (χ2n) is 14.7. The zero-order valence-corrected chi connectivity index (χ0v) is 34.6. The van der Waals surface area contributed by atoms with Gasteiger partial charge in [-0.25, -0.2) is 4.79 Å². The lowest BCUT2D eigenvalue weighted by Crippen LogP contribution is -2.58. The molecule has 0 unspecified atom stereocenters. The van der Waals surface area contributed by atoms with Gasteiger partial charge in [-0.2, -0.15) is 12.6 Å². The normalized spacial score (nSPS) is 17.2. The third-order valence-corrected chi connectivity index (χ3v) is 10.5. The fraction of sp³-hybridized carbons (Fsp3) is 0.450. The highest BCUT2D eigenvalue weighted by Gasteiger charge is 2.42. The molecule has 7 amide bonds. The van der Waals surface area contributed by atoms with Crippen LogP contribution < -0.4 is 42.8 Å². The number of hydrogen-bond donors (Lipinski definition) is 11. The molecule has 4 rings (SSSR count). The molecule has 330 valence electrons. The standard InChI is InChI=1S/C40H53N9O11S/c1-3-21(2)35(38(56)45-16-33(52)46-30(20-61)37(55)47-29(14-32(42)51)39(57)49-18-24(50)12-31(49)40(58)59)48-34(53)17-44-36(54)27(41)11-23-15-43-28-13-25(9-10-26(23)28)60-19-22-7-5-4-6-8-22/h4-10,13,15,21,24,27,29-31,35,43,50,61H,3,11-12,14,16-20,41H2,1-2H3,(H2,42,51)(H,44,54)(H,45,56)(H,46,52)(H,47,55)(H,48,53)(H,58,59)/t21-,24+,27-,29-,30-,31-,35-/m0/s1. The Morgan fingerprint density at radius 3 is 2.25 bits per heavy atom. The summed E-state index contributed by atoms with van der Waals surface area (Å²) in [7, 11) is 0. The fourth-order valence-electron chi connectivity index (χ4n) is 6.60. The largest absolute Gasteiger partial charge is 0.489 e. The maximum absolute atomic E-state index is 13.2. The van der Waals surface area contributed by atoms with E-state index in [2.05, 4.69) is 44.2 Å². The number of benzene rings is 2. The third-order valence-electron chi connectivity index (χ3n) is 10.1. The molecule has 2 heterocycles. The molecule has 1 aromatic heterocycles. The number of aromatic nitrogens is 1. The van der Waals surface area contributed by atoms with E-state index >= 15 is 0 Å². The number of likely N-dealkylation sites (tertiary alicyclic amines) is 1.